The van der Waals surface area contributed by atoms with Crippen molar-refractivity contribution in [2.75, 3.05) is 53.4 Å². The SMILES string of the molecule is CCOc1ccc(CCc2cc(OC)c(OC)c(OC)c2)cc1NC(=O)C1CCN(C)CC1. The number of piperidine rings is 1. The molecule has 0 unspecified atom stereocenters. The Morgan fingerprint density at radius 2 is 1.58 bits per heavy atom. The van der Waals surface area contributed by atoms with Crippen LogP contribution in [0.15, 0.2) is 30.3 Å². The molecule has 1 aliphatic heterocycles. The van der Waals surface area contributed by atoms with Gasteiger partial charge in [0.25, 0.3) is 0 Å². The lowest BCUT2D eigenvalue weighted by molar-refractivity contribution is -0.121. The van der Waals surface area contributed by atoms with Crippen LogP contribution in [0.5, 0.6) is 23.0 Å². The van der Waals surface area contributed by atoms with Gasteiger partial charge in [0, 0.05) is 5.92 Å². The van der Waals surface area contributed by atoms with Gasteiger partial charge in [-0.05, 0) is 88.1 Å². The van der Waals surface area contributed by atoms with Crippen LogP contribution >= 0.6 is 0 Å². The summed E-state index contributed by atoms with van der Waals surface area (Å²) in [7, 11) is 6.93. The molecule has 1 amide bonds. The van der Waals surface area contributed by atoms with Crippen LogP contribution in [0.4, 0.5) is 5.69 Å². The molecule has 0 spiro atoms. The number of methoxy groups -OCH3 is 3. The van der Waals surface area contributed by atoms with Gasteiger partial charge in [-0.15, -0.1) is 0 Å². The number of aryl methyl sites for hydroxylation is 2. The van der Waals surface area contributed by atoms with Gasteiger partial charge in [-0.2, -0.15) is 0 Å². The first-order chi connectivity index (χ1) is 16.0. The molecule has 1 aliphatic rings. The fraction of sp³-hybridized carbons (Fsp3) is 0.500. The summed E-state index contributed by atoms with van der Waals surface area (Å²) in [6.45, 7) is 4.39. The molecular weight excluding hydrogens is 420 g/mol. The molecule has 2 aromatic carbocycles. The van der Waals surface area contributed by atoms with Gasteiger partial charge in [-0.3, -0.25) is 4.79 Å². The number of anilines is 1. The molecule has 1 fully saturated rings. The van der Waals surface area contributed by atoms with Crippen LogP contribution in [-0.2, 0) is 17.6 Å². The highest BCUT2D eigenvalue weighted by molar-refractivity contribution is 5.94. The van der Waals surface area contributed by atoms with E-state index in [9.17, 15) is 4.79 Å². The molecule has 0 radical (unpaired) electrons. The third-order valence-corrected chi connectivity index (χ3v) is 6.12. The minimum atomic E-state index is 0.0403. The average molecular weight is 457 g/mol. The van der Waals surface area contributed by atoms with Crippen LogP contribution in [0.2, 0.25) is 0 Å². The molecule has 7 nitrogen and oxygen atoms in total. The van der Waals surface area contributed by atoms with Crippen LogP contribution < -0.4 is 24.3 Å². The Morgan fingerprint density at radius 3 is 2.15 bits per heavy atom. The first-order valence-corrected chi connectivity index (χ1v) is 11.5. The molecule has 33 heavy (non-hydrogen) atoms. The quantitative estimate of drug-likeness (QED) is 0.579. The number of nitrogens with zero attached hydrogens (tertiary/aromatic N) is 1. The van der Waals surface area contributed by atoms with Gasteiger partial charge in [0.15, 0.2) is 11.5 Å². The number of hydrogen-bond donors (Lipinski definition) is 1. The average Bonchev–Trinajstić information content (AvgIpc) is 2.83. The zero-order valence-electron chi connectivity index (χ0n) is 20.4. The molecule has 0 atom stereocenters. The maximum atomic E-state index is 12.9. The van der Waals surface area contributed by atoms with E-state index < -0.39 is 0 Å². The molecule has 1 saturated heterocycles. The van der Waals surface area contributed by atoms with Crippen LogP contribution in [0, 0.1) is 5.92 Å². The highest BCUT2D eigenvalue weighted by atomic mass is 16.5. The van der Waals surface area contributed by atoms with Gasteiger partial charge >= 0.3 is 0 Å². The van der Waals surface area contributed by atoms with Crippen molar-refractivity contribution in [3.05, 3.63) is 41.5 Å². The van der Waals surface area contributed by atoms with Crippen molar-refractivity contribution in [2.45, 2.75) is 32.6 Å². The van der Waals surface area contributed by atoms with Gasteiger partial charge in [-0.1, -0.05) is 6.07 Å². The van der Waals surface area contributed by atoms with E-state index in [1.807, 2.05) is 37.3 Å². The highest BCUT2D eigenvalue weighted by Crippen LogP contribution is 2.38. The Balaban J connectivity index is 1.74. The lowest BCUT2D eigenvalue weighted by Gasteiger charge is -2.28. The van der Waals surface area contributed by atoms with E-state index in [1.54, 1.807) is 21.3 Å². The van der Waals surface area contributed by atoms with Gasteiger partial charge in [-0.25, -0.2) is 0 Å². The summed E-state index contributed by atoms with van der Waals surface area (Å²) in [4.78, 5) is 15.2. The molecule has 0 aromatic heterocycles. The largest absolute Gasteiger partial charge is 0.493 e. The molecular formula is C26H36N2O5. The summed E-state index contributed by atoms with van der Waals surface area (Å²) in [6, 6.07) is 9.96. The van der Waals surface area contributed by atoms with Crippen LogP contribution in [0.1, 0.15) is 30.9 Å². The second-order valence-electron chi connectivity index (χ2n) is 8.36. The van der Waals surface area contributed by atoms with Gasteiger partial charge in [0.2, 0.25) is 11.7 Å². The van der Waals surface area contributed by atoms with E-state index in [4.69, 9.17) is 18.9 Å². The van der Waals surface area contributed by atoms with Crippen molar-refractivity contribution in [3.8, 4) is 23.0 Å². The predicted molar refractivity (Wildman–Crippen MR) is 130 cm³/mol. The summed E-state index contributed by atoms with van der Waals surface area (Å²) >= 11 is 0. The summed E-state index contributed by atoms with van der Waals surface area (Å²) in [5, 5.41) is 3.13. The number of nitrogens with one attached hydrogen (secondary N) is 1. The number of likely N-dealkylation sites (tertiary alicyclic amines) is 1. The van der Waals surface area contributed by atoms with Crippen molar-refractivity contribution in [3.63, 3.8) is 0 Å². The monoisotopic (exact) mass is 456 g/mol. The van der Waals surface area contributed by atoms with Gasteiger partial charge in [0.05, 0.1) is 33.6 Å². The van der Waals surface area contributed by atoms with E-state index in [0.29, 0.717) is 29.6 Å². The van der Waals surface area contributed by atoms with E-state index >= 15 is 0 Å². The van der Waals surface area contributed by atoms with Crippen molar-refractivity contribution in [1.29, 1.82) is 0 Å². The Morgan fingerprint density at radius 1 is 0.939 bits per heavy atom. The summed E-state index contributed by atoms with van der Waals surface area (Å²) in [5.41, 5.74) is 2.93. The third-order valence-electron chi connectivity index (χ3n) is 6.12. The normalized spacial score (nSPS) is 14.6. The number of ether oxygens (including phenoxy) is 4. The molecule has 3 rings (SSSR count). The van der Waals surface area contributed by atoms with Gasteiger partial charge < -0.3 is 29.2 Å². The first-order valence-electron chi connectivity index (χ1n) is 11.5. The standard InChI is InChI=1S/C26H36N2O5/c1-6-33-22-10-9-18(15-21(22)27-26(29)20-11-13-28(2)14-12-20)7-8-19-16-23(30-3)25(32-5)24(17-19)31-4/h9-10,15-17,20H,6-8,11-14H2,1-5H3,(H,27,29). The van der Waals surface area contributed by atoms with Crippen molar-refractivity contribution < 1.29 is 23.7 Å². The third kappa shape index (κ3) is 6.32. The molecule has 180 valence electrons. The smallest absolute Gasteiger partial charge is 0.227 e. The molecule has 0 bridgehead atoms. The number of hydrogen-bond acceptors (Lipinski definition) is 6. The maximum absolute atomic E-state index is 12.9. The van der Waals surface area contributed by atoms with Crippen molar-refractivity contribution in [2.24, 2.45) is 5.92 Å². The Bertz CT molecular complexity index is 913. The number of carbonyl (C=O) groups excluding carboxylic acids is 1. The number of rotatable bonds is 10. The molecule has 0 saturated carbocycles. The fourth-order valence-corrected chi connectivity index (χ4v) is 4.19. The summed E-state index contributed by atoms with van der Waals surface area (Å²) in [5.74, 6) is 2.69. The number of benzene rings is 2. The molecule has 1 heterocycles. The predicted octanol–water partition coefficient (Wildman–Crippen LogP) is 4.18. The van der Waals surface area contributed by atoms with Crippen LogP contribution in [-0.4, -0.2) is 58.9 Å². The van der Waals surface area contributed by atoms with E-state index in [1.165, 1.54) is 0 Å². The van der Waals surface area contributed by atoms with E-state index in [2.05, 4.69) is 17.3 Å². The molecule has 2 aromatic rings. The second kappa shape index (κ2) is 11.8. The fourth-order valence-electron chi connectivity index (χ4n) is 4.19. The minimum Gasteiger partial charge on any atom is -0.493 e. The van der Waals surface area contributed by atoms with Crippen LogP contribution in [0.25, 0.3) is 0 Å². The minimum absolute atomic E-state index is 0.0403. The summed E-state index contributed by atoms with van der Waals surface area (Å²) < 4.78 is 22.1. The highest BCUT2D eigenvalue weighted by Gasteiger charge is 2.24. The zero-order valence-corrected chi connectivity index (χ0v) is 20.4. The number of carbonyl (C=O) groups is 1. The summed E-state index contributed by atoms with van der Waals surface area (Å²) in [6.07, 6.45) is 3.34. The Hall–Kier alpha value is -2.93. The lowest BCUT2D eigenvalue weighted by atomic mass is 9.96. The Labute approximate surface area is 197 Å². The van der Waals surface area contributed by atoms with E-state index in [0.717, 1.165) is 55.6 Å². The second-order valence-corrected chi connectivity index (χ2v) is 8.36. The van der Waals surface area contributed by atoms with Gasteiger partial charge in [0.1, 0.15) is 5.75 Å². The molecule has 7 heteroatoms. The molecule has 1 N–H and O–H groups in total. The maximum Gasteiger partial charge on any atom is 0.227 e. The van der Waals surface area contributed by atoms with Crippen molar-refractivity contribution >= 4 is 11.6 Å². The first kappa shape index (κ1) is 24.7. The van der Waals surface area contributed by atoms with Crippen LogP contribution in [0.3, 0.4) is 0 Å². The molecule has 0 aliphatic carbocycles. The van der Waals surface area contributed by atoms with Crippen molar-refractivity contribution in [1.82, 2.24) is 4.90 Å². The zero-order chi connectivity index (χ0) is 23.8. The van der Waals surface area contributed by atoms with E-state index in [-0.39, 0.29) is 11.8 Å². The number of amides is 1. The Kier molecular flexibility index (Phi) is 8.83. The topological polar surface area (TPSA) is 69.3 Å². The lowest BCUT2D eigenvalue weighted by Crippen LogP contribution is -2.36.